The van der Waals surface area contributed by atoms with Crippen LogP contribution in [0.2, 0.25) is 0 Å². The second-order valence-electron chi connectivity index (χ2n) is 4.15. The van der Waals surface area contributed by atoms with Crippen LogP contribution in [-0.2, 0) is 0 Å². The second-order valence-corrected chi connectivity index (χ2v) is 4.15. The first-order chi connectivity index (χ1) is 9.74. The summed E-state index contributed by atoms with van der Waals surface area (Å²) in [6, 6.07) is 14.1. The Bertz CT molecular complexity index is 510. The molecular weight excluding hydrogens is 254 g/mol. The molecule has 0 N–H and O–H groups in total. The molecule has 4 nitrogen and oxygen atoms in total. The van der Waals surface area contributed by atoms with Crippen molar-refractivity contribution in [3.05, 3.63) is 53.4 Å². The fourth-order valence-corrected chi connectivity index (χ4v) is 1.84. The highest BCUT2D eigenvalue weighted by atomic mass is 16.5. The predicted molar refractivity (Wildman–Crippen MR) is 80.0 cm³/mol. The normalized spacial score (nSPS) is 10.1. The summed E-state index contributed by atoms with van der Waals surface area (Å²) in [6.45, 7) is 5.07. The van der Waals surface area contributed by atoms with Crippen LogP contribution in [0.4, 0.5) is 11.4 Å². The number of benzene rings is 2. The molecule has 0 aromatic heterocycles. The fraction of sp³-hybridized carbons (Fsp3) is 0.250. The molecule has 0 atom stereocenters. The standard InChI is InChI=1S/C16H18NO3/c1-3-19-15-9-5-13(6-10-15)17(18)14-7-11-16(12-8-14)20-4-2/h5-12H,3-4H2,1-2H3/q+1. The van der Waals surface area contributed by atoms with Crippen molar-refractivity contribution in [2.45, 2.75) is 13.8 Å². The highest BCUT2D eigenvalue weighted by molar-refractivity contribution is 5.53. The van der Waals surface area contributed by atoms with E-state index in [-0.39, 0.29) is 0 Å². The van der Waals surface area contributed by atoms with Crippen LogP contribution in [0.5, 0.6) is 11.5 Å². The van der Waals surface area contributed by atoms with Crippen LogP contribution in [-0.4, -0.2) is 13.2 Å². The summed E-state index contributed by atoms with van der Waals surface area (Å²) in [4.78, 5) is 12.2. The molecule has 0 radical (unpaired) electrons. The van der Waals surface area contributed by atoms with E-state index in [2.05, 4.69) is 0 Å². The van der Waals surface area contributed by atoms with Crippen LogP contribution in [0.15, 0.2) is 48.5 Å². The van der Waals surface area contributed by atoms with E-state index in [1.54, 1.807) is 48.5 Å². The number of hydrogen-bond acceptors (Lipinski definition) is 3. The highest BCUT2D eigenvalue weighted by Gasteiger charge is 2.17. The summed E-state index contributed by atoms with van der Waals surface area (Å²) < 4.78 is 11.6. The maximum absolute atomic E-state index is 12.2. The maximum atomic E-state index is 12.2. The van der Waals surface area contributed by atoms with E-state index in [0.717, 1.165) is 16.3 Å². The Hall–Kier alpha value is -2.36. The lowest BCUT2D eigenvalue weighted by Crippen LogP contribution is -1.99. The minimum absolute atomic E-state index is 0.567. The molecule has 0 aliphatic rings. The van der Waals surface area contributed by atoms with Crippen molar-refractivity contribution in [1.82, 2.24) is 4.76 Å². The first kappa shape index (κ1) is 14.1. The summed E-state index contributed by atoms with van der Waals surface area (Å²) in [7, 11) is 0. The molecule has 0 aliphatic heterocycles. The molecule has 0 fully saturated rings. The maximum Gasteiger partial charge on any atom is 0.263 e. The van der Waals surface area contributed by atoms with E-state index in [1.807, 2.05) is 13.8 Å². The topological polar surface area (TPSA) is 38.5 Å². The van der Waals surface area contributed by atoms with Gasteiger partial charge in [-0.25, -0.2) is 0 Å². The number of hydrogen-bond donors (Lipinski definition) is 0. The van der Waals surface area contributed by atoms with Gasteiger partial charge in [0.05, 0.1) is 18.0 Å². The Morgan fingerprint density at radius 3 is 1.40 bits per heavy atom. The molecule has 4 heteroatoms. The molecule has 104 valence electrons. The van der Waals surface area contributed by atoms with E-state index < -0.39 is 0 Å². The van der Waals surface area contributed by atoms with Crippen LogP contribution in [0, 0.1) is 4.91 Å². The van der Waals surface area contributed by atoms with Crippen molar-refractivity contribution in [2.24, 2.45) is 0 Å². The molecular formula is C16H18NO3+. The monoisotopic (exact) mass is 272 g/mol. The quantitative estimate of drug-likeness (QED) is 0.743. The lowest BCUT2D eigenvalue weighted by molar-refractivity contribution is 0.340. The van der Waals surface area contributed by atoms with Crippen molar-refractivity contribution in [1.29, 1.82) is 0 Å². The van der Waals surface area contributed by atoms with Gasteiger partial charge in [0.2, 0.25) is 0 Å². The van der Waals surface area contributed by atoms with Gasteiger partial charge in [-0.05, 0) is 38.1 Å². The van der Waals surface area contributed by atoms with Crippen molar-refractivity contribution in [3.63, 3.8) is 0 Å². The van der Waals surface area contributed by atoms with Crippen LogP contribution in [0.25, 0.3) is 0 Å². The molecule has 0 unspecified atom stereocenters. The van der Waals surface area contributed by atoms with E-state index in [4.69, 9.17) is 9.47 Å². The van der Waals surface area contributed by atoms with Gasteiger partial charge < -0.3 is 9.47 Å². The van der Waals surface area contributed by atoms with Crippen molar-refractivity contribution >= 4 is 11.4 Å². The molecule has 2 rings (SSSR count). The van der Waals surface area contributed by atoms with Crippen LogP contribution < -0.4 is 14.2 Å². The summed E-state index contributed by atoms with van der Waals surface area (Å²) in [5.41, 5.74) is 1.13. The van der Waals surface area contributed by atoms with Gasteiger partial charge in [-0.3, -0.25) is 0 Å². The number of ether oxygens (including phenoxy) is 2. The molecule has 0 spiro atoms. The van der Waals surface area contributed by atoms with Gasteiger partial charge in [0.1, 0.15) is 11.5 Å². The van der Waals surface area contributed by atoms with Crippen molar-refractivity contribution < 1.29 is 9.47 Å². The minimum atomic E-state index is 0.567. The van der Waals surface area contributed by atoms with Crippen molar-refractivity contribution in [3.8, 4) is 11.5 Å². The Balaban J connectivity index is 2.13. The van der Waals surface area contributed by atoms with Gasteiger partial charge in [-0.2, -0.15) is 0 Å². The summed E-state index contributed by atoms with van der Waals surface area (Å²) >= 11 is 0. The SMILES string of the molecule is CCOc1ccc([N+](=O)c2ccc(OCC)cc2)cc1. The zero-order valence-electron chi connectivity index (χ0n) is 11.7. The summed E-state index contributed by atoms with van der Waals surface area (Å²) in [5, 5.41) is 0. The Morgan fingerprint density at radius 1 is 0.750 bits per heavy atom. The third-order valence-electron chi connectivity index (χ3n) is 2.76. The zero-order valence-corrected chi connectivity index (χ0v) is 11.7. The number of rotatable bonds is 6. The highest BCUT2D eigenvalue weighted by Crippen LogP contribution is 2.24. The zero-order chi connectivity index (χ0) is 14.4. The van der Waals surface area contributed by atoms with E-state index >= 15 is 0 Å². The third-order valence-corrected chi connectivity index (χ3v) is 2.76. The van der Waals surface area contributed by atoms with Gasteiger partial charge in [-0.1, -0.05) is 0 Å². The average molecular weight is 272 g/mol. The van der Waals surface area contributed by atoms with E-state index in [1.165, 1.54) is 0 Å². The Labute approximate surface area is 118 Å². The van der Waals surface area contributed by atoms with Crippen LogP contribution in [0.1, 0.15) is 13.8 Å². The van der Waals surface area contributed by atoms with Gasteiger partial charge in [0.15, 0.2) is 0 Å². The van der Waals surface area contributed by atoms with Gasteiger partial charge in [0, 0.05) is 29.2 Å². The van der Waals surface area contributed by atoms with Crippen LogP contribution >= 0.6 is 0 Å². The molecule has 20 heavy (non-hydrogen) atoms. The smallest absolute Gasteiger partial charge is 0.263 e. The number of nitrogens with zero attached hydrogens (tertiary/aromatic N) is 1. The number of nitroso groups, excluding NO2 is 1. The minimum Gasteiger partial charge on any atom is -0.494 e. The van der Waals surface area contributed by atoms with Crippen molar-refractivity contribution in [2.75, 3.05) is 13.2 Å². The van der Waals surface area contributed by atoms with Crippen LogP contribution in [0.3, 0.4) is 0 Å². The first-order valence-electron chi connectivity index (χ1n) is 6.67. The lowest BCUT2D eigenvalue weighted by Gasteiger charge is -2.02. The average Bonchev–Trinajstić information content (AvgIpc) is 2.49. The molecule has 2 aromatic carbocycles. The van der Waals surface area contributed by atoms with Gasteiger partial charge in [-0.15, -0.1) is 0 Å². The second kappa shape index (κ2) is 6.70. The molecule has 0 amide bonds. The molecule has 0 saturated heterocycles. The molecule has 0 heterocycles. The first-order valence-corrected chi connectivity index (χ1v) is 6.67. The van der Waals surface area contributed by atoms with Gasteiger partial charge in [0.25, 0.3) is 11.4 Å². The molecule has 0 bridgehead atoms. The molecule has 0 saturated carbocycles. The Kier molecular flexibility index (Phi) is 4.71. The van der Waals surface area contributed by atoms with E-state index in [9.17, 15) is 4.91 Å². The fourth-order valence-electron chi connectivity index (χ4n) is 1.84. The summed E-state index contributed by atoms with van der Waals surface area (Å²) in [5.74, 6) is 1.52. The Morgan fingerprint density at radius 2 is 1.10 bits per heavy atom. The van der Waals surface area contributed by atoms with E-state index in [0.29, 0.717) is 24.6 Å². The van der Waals surface area contributed by atoms with Gasteiger partial charge >= 0.3 is 0 Å². The largest absolute Gasteiger partial charge is 0.494 e. The molecule has 0 aliphatic carbocycles. The summed E-state index contributed by atoms with van der Waals surface area (Å²) in [6.07, 6.45) is 0. The third kappa shape index (κ3) is 3.35. The lowest BCUT2D eigenvalue weighted by atomic mass is 10.2. The molecule has 2 aromatic rings. The predicted octanol–water partition coefficient (Wildman–Crippen LogP) is 4.09.